The van der Waals surface area contributed by atoms with Gasteiger partial charge in [-0.15, -0.1) is 0 Å². The average Bonchev–Trinajstić information content (AvgIpc) is 3.40. The predicted molar refractivity (Wildman–Crippen MR) is 170 cm³/mol. The molecule has 0 N–H and O–H groups in total. The molecule has 2 heterocycles. The number of nitrogens with zero attached hydrogens (tertiary/aromatic N) is 2. The molecule has 4 aliphatic rings. The van der Waals surface area contributed by atoms with E-state index >= 15 is 0 Å². The van der Waals surface area contributed by atoms with Gasteiger partial charge in [-0.1, -0.05) is 98.8 Å². The van der Waals surface area contributed by atoms with Crippen molar-refractivity contribution in [1.82, 2.24) is 0 Å². The molecule has 0 radical (unpaired) electrons. The molecule has 4 atom stereocenters. The van der Waals surface area contributed by atoms with Gasteiger partial charge in [-0.25, -0.2) is 4.99 Å². The Morgan fingerprint density at radius 1 is 0.854 bits per heavy atom. The number of dihydropyridines is 1. The third kappa shape index (κ3) is 4.01. The van der Waals surface area contributed by atoms with Crippen molar-refractivity contribution in [3.63, 3.8) is 0 Å². The van der Waals surface area contributed by atoms with Gasteiger partial charge in [0.2, 0.25) is 0 Å². The zero-order valence-corrected chi connectivity index (χ0v) is 23.7. The van der Waals surface area contributed by atoms with Crippen LogP contribution in [-0.2, 0) is 24.2 Å². The quantitative estimate of drug-likeness (QED) is 0.257. The number of benzene rings is 4. The maximum absolute atomic E-state index is 6.43. The maximum Gasteiger partial charge on any atom is 0.147 e. The Balaban J connectivity index is 1.21. The summed E-state index contributed by atoms with van der Waals surface area (Å²) in [5.41, 5.74) is 11.3. The molecule has 0 saturated heterocycles. The molecule has 2 aliphatic carbocycles. The second-order valence-corrected chi connectivity index (χ2v) is 12.2. The Morgan fingerprint density at radius 2 is 1.66 bits per heavy atom. The van der Waals surface area contributed by atoms with Crippen molar-refractivity contribution in [3.8, 4) is 0 Å². The predicted octanol–water partition coefficient (Wildman–Crippen LogP) is 8.88. The first-order chi connectivity index (χ1) is 20.2. The fourth-order valence-electron chi connectivity index (χ4n) is 7.51. The number of aliphatic imine (C=N–C) groups is 2. The molecule has 3 heteroatoms. The first-order valence-corrected chi connectivity index (χ1v) is 15.0. The number of aryl methyl sites for hydroxylation is 1. The van der Waals surface area contributed by atoms with Crippen LogP contribution >= 0.6 is 0 Å². The lowest BCUT2D eigenvalue weighted by Crippen LogP contribution is -2.36. The lowest BCUT2D eigenvalue weighted by atomic mass is 9.69. The van der Waals surface area contributed by atoms with Crippen molar-refractivity contribution in [2.75, 3.05) is 0 Å². The summed E-state index contributed by atoms with van der Waals surface area (Å²) in [6, 6.07) is 28.3. The fourth-order valence-corrected chi connectivity index (χ4v) is 7.51. The van der Waals surface area contributed by atoms with Gasteiger partial charge in [0.25, 0.3) is 0 Å². The number of para-hydroxylation sites is 1. The molecule has 0 bridgehead atoms. The largest absolute Gasteiger partial charge is 0.487 e. The molecule has 3 nitrogen and oxygen atoms in total. The summed E-state index contributed by atoms with van der Waals surface area (Å²) in [6.07, 6.45) is 10.0. The summed E-state index contributed by atoms with van der Waals surface area (Å²) < 4.78 is 6.43. The smallest absolute Gasteiger partial charge is 0.147 e. The molecule has 0 amide bonds. The van der Waals surface area contributed by atoms with E-state index in [9.17, 15) is 0 Å². The van der Waals surface area contributed by atoms with Crippen LogP contribution < -0.4 is 0 Å². The SMILES string of the molecule is CC1C=Cc2ccc3c4c(ccc3c2C1)C(C1N=CC(OCc2ccccc2)=C2C1=Nc1ccccc12)C(C)CC4. The third-order valence-electron chi connectivity index (χ3n) is 9.58. The average molecular weight is 535 g/mol. The number of allylic oxidation sites excluding steroid dienone is 2. The highest BCUT2D eigenvalue weighted by molar-refractivity contribution is 6.35. The number of ether oxygens (including phenoxy) is 1. The second-order valence-electron chi connectivity index (χ2n) is 12.2. The van der Waals surface area contributed by atoms with Gasteiger partial charge >= 0.3 is 0 Å². The van der Waals surface area contributed by atoms with Gasteiger partial charge < -0.3 is 4.74 Å². The van der Waals surface area contributed by atoms with Crippen LogP contribution in [0.2, 0.25) is 0 Å². The van der Waals surface area contributed by atoms with Crippen LogP contribution in [0.15, 0.2) is 101 Å². The van der Waals surface area contributed by atoms with E-state index in [0.717, 1.165) is 53.1 Å². The summed E-state index contributed by atoms with van der Waals surface area (Å²) in [5.74, 6) is 2.18. The summed E-state index contributed by atoms with van der Waals surface area (Å²) in [5, 5.41) is 2.86. The molecule has 0 fully saturated rings. The lowest BCUT2D eigenvalue weighted by molar-refractivity contribution is 0.220. The monoisotopic (exact) mass is 534 g/mol. The van der Waals surface area contributed by atoms with E-state index in [1.54, 1.807) is 0 Å². The molecule has 202 valence electrons. The molecule has 8 rings (SSSR count). The van der Waals surface area contributed by atoms with Crippen molar-refractivity contribution >= 4 is 40.0 Å². The zero-order valence-electron chi connectivity index (χ0n) is 23.7. The highest BCUT2D eigenvalue weighted by Crippen LogP contribution is 2.48. The topological polar surface area (TPSA) is 34.0 Å². The number of rotatable bonds is 4. The van der Waals surface area contributed by atoms with E-state index in [4.69, 9.17) is 14.7 Å². The van der Waals surface area contributed by atoms with Crippen molar-refractivity contribution in [3.05, 3.63) is 124 Å². The summed E-state index contributed by atoms with van der Waals surface area (Å²) in [6.45, 7) is 5.23. The minimum atomic E-state index is -0.0337. The standard InChI is InChI=1S/C38H34N2O/c1-23-12-14-26-15-17-27-28-16-13-24(2)35(30(28)19-18-29(27)32(26)20-23)37-38-36(31-10-6-7-11-33(31)40-38)34(21-39-37)41-22-25-8-4-3-5-9-25/h3-12,14-15,17-19,21,23-24,35,37H,13,16,20,22H2,1-2H3. The summed E-state index contributed by atoms with van der Waals surface area (Å²) in [4.78, 5) is 10.5. The van der Waals surface area contributed by atoms with E-state index in [1.165, 1.54) is 33.0 Å². The lowest BCUT2D eigenvalue weighted by Gasteiger charge is -2.37. The van der Waals surface area contributed by atoms with Crippen LogP contribution in [0, 0.1) is 11.8 Å². The van der Waals surface area contributed by atoms with E-state index in [-0.39, 0.29) is 12.0 Å². The number of fused-ring (bicyclic) bond motifs is 8. The number of hydrogen-bond acceptors (Lipinski definition) is 3. The molecule has 0 saturated carbocycles. The van der Waals surface area contributed by atoms with E-state index < -0.39 is 0 Å². The van der Waals surface area contributed by atoms with Gasteiger partial charge in [0.1, 0.15) is 12.4 Å². The first-order valence-electron chi connectivity index (χ1n) is 15.0. The summed E-state index contributed by atoms with van der Waals surface area (Å²) >= 11 is 0. The number of hydrogen-bond donors (Lipinski definition) is 0. The highest BCUT2D eigenvalue weighted by Gasteiger charge is 2.42. The molecule has 4 aromatic rings. The van der Waals surface area contributed by atoms with Crippen molar-refractivity contribution in [2.45, 2.75) is 51.7 Å². The Labute approximate surface area is 242 Å². The minimum Gasteiger partial charge on any atom is -0.487 e. The minimum absolute atomic E-state index is 0.0337. The second kappa shape index (κ2) is 9.69. The fraction of sp³-hybridized carbons (Fsp3) is 0.263. The van der Waals surface area contributed by atoms with Gasteiger partial charge in [0.05, 0.1) is 29.2 Å². The molecule has 4 aromatic carbocycles. The van der Waals surface area contributed by atoms with Crippen LogP contribution in [0.3, 0.4) is 0 Å². The van der Waals surface area contributed by atoms with Crippen LogP contribution in [0.1, 0.15) is 59.6 Å². The Hall–Kier alpha value is -4.24. The normalized spacial score (nSPS) is 24.0. The molecular weight excluding hydrogens is 500 g/mol. The maximum atomic E-state index is 6.43. The van der Waals surface area contributed by atoms with Gasteiger partial charge in [-0.05, 0) is 75.8 Å². The third-order valence-corrected chi connectivity index (χ3v) is 9.58. The van der Waals surface area contributed by atoms with Crippen molar-refractivity contribution in [1.29, 1.82) is 0 Å². The summed E-state index contributed by atoms with van der Waals surface area (Å²) in [7, 11) is 0. The molecule has 2 aliphatic heterocycles. The van der Waals surface area contributed by atoms with Crippen molar-refractivity contribution < 1.29 is 4.74 Å². The van der Waals surface area contributed by atoms with Gasteiger partial charge in [-0.3, -0.25) is 4.99 Å². The van der Waals surface area contributed by atoms with Crippen LogP contribution in [-0.4, -0.2) is 18.0 Å². The Bertz CT molecular complexity index is 1810. The first kappa shape index (κ1) is 24.5. The van der Waals surface area contributed by atoms with Crippen LogP contribution in [0.4, 0.5) is 5.69 Å². The van der Waals surface area contributed by atoms with Gasteiger partial charge in [-0.2, -0.15) is 0 Å². The van der Waals surface area contributed by atoms with Gasteiger partial charge in [0.15, 0.2) is 0 Å². The van der Waals surface area contributed by atoms with Crippen LogP contribution in [0.25, 0.3) is 22.4 Å². The molecule has 0 aromatic heterocycles. The molecular formula is C38H34N2O. The highest BCUT2D eigenvalue weighted by atomic mass is 16.5. The Kier molecular flexibility index (Phi) is 5.80. The molecule has 41 heavy (non-hydrogen) atoms. The zero-order chi connectivity index (χ0) is 27.5. The Morgan fingerprint density at radius 3 is 2.56 bits per heavy atom. The van der Waals surface area contributed by atoms with Crippen LogP contribution in [0.5, 0.6) is 0 Å². The van der Waals surface area contributed by atoms with Gasteiger partial charge in [0, 0.05) is 11.5 Å². The molecule has 0 spiro atoms. The van der Waals surface area contributed by atoms with E-state index in [2.05, 4.69) is 98.8 Å². The molecule has 4 unspecified atom stereocenters. The van der Waals surface area contributed by atoms with E-state index in [0.29, 0.717) is 18.4 Å². The van der Waals surface area contributed by atoms with Crippen molar-refractivity contribution in [2.24, 2.45) is 21.8 Å². The van der Waals surface area contributed by atoms with E-state index in [1.807, 2.05) is 12.3 Å².